The Morgan fingerprint density at radius 2 is 2.11 bits per heavy atom. The van der Waals surface area contributed by atoms with Gasteiger partial charge in [-0.25, -0.2) is 4.99 Å². The maximum Gasteiger partial charge on any atom is 0.188 e. The minimum absolute atomic E-state index is 0.491. The molecule has 3 N–H and O–H groups in total. The SMILES string of the molecule is CCOCCCNC(N)=NCc1ccc(SC)cc1. The number of thioether (sulfide) groups is 1. The second-order valence-corrected chi connectivity index (χ2v) is 4.91. The molecule has 0 amide bonds. The first-order valence-corrected chi connectivity index (χ1v) is 7.73. The van der Waals surface area contributed by atoms with Crippen molar-refractivity contribution in [1.29, 1.82) is 0 Å². The fraction of sp³-hybridized carbons (Fsp3) is 0.500. The van der Waals surface area contributed by atoms with E-state index in [1.54, 1.807) is 11.8 Å². The molecule has 0 heterocycles. The van der Waals surface area contributed by atoms with E-state index in [1.165, 1.54) is 4.90 Å². The number of ether oxygens (including phenoxy) is 1. The van der Waals surface area contributed by atoms with E-state index in [2.05, 4.69) is 40.8 Å². The third kappa shape index (κ3) is 7.08. The number of rotatable bonds is 8. The van der Waals surface area contributed by atoms with Crippen LogP contribution in [0.4, 0.5) is 0 Å². The summed E-state index contributed by atoms with van der Waals surface area (Å²) in [7, 11) is 0. The number of nitrogens with one attached hydrogen (secondary N) is 1. The van der Waals surface area contributed by atoms with Crippen molar-refractivity contribution in [3.8, 4) is 0 Å². The largest absolute Gasteiger partial charge is 0.382 e. The lowest BCUT2D eigenvalue weighted by molar-refractivity contribution is 0.145. The Bertz CT molecular complexity index is 379. The molecule has 19 heavy (non-hydrogen) atoms. The molecule has 1 rings (SSSR count). The summed E-state index contributed by atoms with van der Waals surface area (Å²) in [6.45, 7) is 4.91. The highest BCUT2D eigenvalue weighted by Crippen LogP contribution is 2.15. The molecule has 0 aliphatic carbocycles. The number of nitrogens with zero attached hydrogens (tertiary/aromatic N) is 1. The Labute approximate surface area is 119 Å². The van der Waals surface area contributed by atoms with Crippen molar-refractivity contribution in [3.05, 3.63) is 29.8 Å². The van der Waals surface area contributed by atoms with Crippen LogP contribution in [0.2, 0.25) is 0 Å². The Morgan fingerprint density at radius 1 is 1.37 bits per heavy atom. The lowest BCUT2D eigenvalue weighted by atomic mass is 10.2. The molecule has 0 unspecified atom stereocenters. The van der Waals surface area contributed by atoms with Crippen LogP contribution >= 0.6 is 11.8 Å². The van der Waals surface area contributed by atoms with Gasteiger partial charge >= 0.3 is 0 Å². The maximum atomic E-state index is 5.79. The van der Waals surface area contributed by atoms with Crippen molar-refractivity contribution >= 4 is 17.7 Å². The summed E-state index contributed by atoms with van der Waals surface area (Å²) in [6.07, 6.45) is 3.00. The van der Waals surface area contributed by atoms with E-state index in [0.717, 1.165) is 31.7 Å². The molecule has 1 aromatic carbocycles. The highest BCUT2D eigenvalue weighted by atomic mass is 32.2. The smallest absolute Gasteiger partial charge is 0.188 e. The van der Waals surface area contributed by atoms with E-state index >= 15 is 0 Å². The van der Waals surface area contributed by atoms with Crippen molar-refractivity contribution in [2.45, 2.75) is 24.8 Å². The number of benzene rings is 1. The van der Waals surface area contributed by atoms with Crippen LogP contribution in [0.1, 0.15) is 18.9 Å². The average Bonchev–Trinajstić information content (AvgIpc) is 2.45. The highest BCUT2D eigenvalue weighted by Gasteiger charge is 1.95. The third-order valence-corrected chi connectivity index (χ3v) is 3.31. The van der Waals surface area contributed by atoms with Crippen LogP contribution in [0.15, 0.2) is 34.2 Å². The summed E-state index contributed by atoms with van der Waals surface area (Å²) >= 11 is 1.73. The summed E-state index contributed by atoms with van der Waals surface area (Å²) in [5.41, 5.74) is 6.95. The molecule has 4 nitrogen and oxygen atoms in total. The Kier molecular flexibility index (Phi) is 8.09. The first-order valence-electron chi connectivity index (χ1n) is 6.50. The van der Waals surface area contributed by atoms with Gasteiger partial charge in [-0.15, -0.1) is 11.8 Å². The molecule has 106 valence electrons. The van der Waals surface area contributed by atoms with Crippen molar-refractivity contribution in [1.82, 2.24) is 5.32 Å². The van der Waals surface area contributed by atoms with E-state index in [1.807, 2.05) is 6.92 Å². The fourth-order valence-corrected chi connectivity index (χ4v) is 1.91. The van der Waals surface area contributed by atoms with Crippen LogP contribution in [-0.2, 0) is 11.3 Å². The van der Waals surface area contributed by atoms with Gasteiger partial charge < -0.3 is 15.8 Å². The molecule has 0 atom stereocenters. The molecule has 0 bridgehead atoms. The second kappa shape index (κ2) is 9.69. The first kappa shape index (κ1) is 15.9. The zero-order valence-electron chi connectivity index (χ0n) is 11.7. The molecule has 0 aliphatic heterocycles. The van der Waals surface area contributed by atoms with Crippen LogP contribution in [0.25, 0.3) is 0 Å². The Balaban J connectivity index is 2.26. The predicted molar refractivity (Wildman–Crippen MR) is 82.7 cm³/mol. The number of guanidine groups is 1. The summed E-state index contributed by atoms with van der Waals surface area (Å²) in [5.74, 6) is 0.491. The number of hydrogen-bond acceptors (Lipinski definition) is 3. The zero-order valence-corrected chi connectivity index (χ0v) is 12.5. The van der Waals surface area contributed by atoms with Crippen molar-refractivity contribution in [2.75, 3.05) is 26.0 Å². The molecule has 0 spiro atoms. The van der Waals surface area contributed by atoms with Gasteiger partial charge in [0.25, 0.3) is 0 Å². The highest BCUT2D eigenvalue weighted by molar-refractivity contribution is 7.98. The number of nitrogens with two attached hydrogens (primary N) is 1. The zero-order chi connectivity index (χ0) is 13.9. The Hall–Kier alpha value is -1.20. The molecule has 0 saturated heterocycles. The van der Waals surface area contributed by atoms with Gasteiger partial charge in [-0.1, -0.05) is 12.1 Å². The quantitative estimate of drug-likeness (QED) is 0.332. The van der Waals surface area contributed by atoms with Crippen LogP contribution in [-0.4, -0.2) is 32.0 Å². The van der Waals surface area contributed by atoms with Gasteiger partial charge in [-0.3, -0.25) is 0 Å². The molecular weight excluding hydrogens is 258 g/mol. The predicted octanol–water partition coefficient (Wildman–Crippen LogP) is 2.24. The number of hydrogen-bond donors (Lipinski definition) is 2. The minimum atomic E-state index is 0.491. The van der Waals surface area contributed by atoms with Crippen molar-refractivity contribution in [2.24, 2.45) is 10.7 Å². The summed E-state index contributed by atoms with van der Waals surface area (Å²) in [4.78, 5) is 5.56. The van der Waals surface area contributed by atoms with E-state index in [0.29, 0.717) is 12.5 Å². The lowest BCUT2D eigenvalue weighted by Gasteiger charge is -2.06. The van der Waals surface area contributed by atoms with Crippen molar-refractivity contribution < 1.29 is 4.74 Å². The standard InChI is InChI=1S/C14H23N3OS/c1-3-18-10-4-9-16-14(15)17-11-12-5-7-13(19-2)8-6-12/h5-8H,3-4,9-11H2,1-2H3,(H3,15,16,17). The number of aliphatic imine (C=N–C) groups is 1. The van der Waals surface area contributed by atoms with E-state index in [-0.39, 0.29) is 0 Å². The van der Waals surface area contributed by atoms with Gasteiger partial charge in [0.2, 0.25) is 0 Å². The molecular formula is C14H23N3OS. The summed E-state index contributed by atoms with van der Waals surface area (Å²) in [6, 6.07) is 8.36. The van der Waals surface area contributed by atoms with Gasteiger partial charge in [-0.05, 0) is 37.3 Å². The van der Waals surface area contributed by atoms with E-state index in [9.17, 15) is 0 Å². The van der Waals surface area contributed by atoms with Gasteiger partial charge in [0.05, 0.1) is 6.54 Å². The Morgan fingerprint density at radius 3 is 2.74 bits per heavy atom. The molecule has 0 saturated carbocycles. The monoisotopic (exact) mass is 281 g/mol. The first-order chi connectivity index (χ1) is 9.26. The van der Waals surface area contributed by atoms with Gasteiger partial charge in [-0.2, -0.15) is 0 Å². The van der Waals surface area contributed by atoms with E-state index in [4.69, 9.17) is 10.5 Å². The average molecular weight is 281 g/mol. The fourth-order valence-electron chi connectivity index (χ4n) is 1.50. The topological polar surface area (TPSA) is 59.6 Å². The minimum Gasteiger partial charge on any atom is -0.382 e. The summed E-state index contributed by atoms with van der Waals surface area (Å²) in [5, 5.41) is 3.08. The molecule has 0 aromatic heterocycles. The van der Waals surface area contributed by atoms with Crippen LogP contribution in [0.3, 0.4) is 0 Å². The third-order valence-electron chi connectivity index (χ3n) is 2.57. The molecule has 5 heteroatoms. The molecule has 0 fully saturated rings. The molecule has 1 aromatic rings. The lowest BCUT2D eigenvalue weighted by Crippen LogP contribution is -2.32. The normalized spacial score (nSPS) is 11.6. The van der Waals surface area contributed by atoms with Crippen LogP contribution in [0.5, 0.6) is 0 Å². The van der Waals surface area contributed by atoms with Crippen molar-refractivity contribution in [3.63, 3.8) is 0 Å². The second-order valence-electron chi connectivity index (χ2n) is 4.03. The van der Waals surface area contributed by atoms with Gasteiger partial charge in [0.1, 0.15) is 0 Å². The van der Waals surface area contributed by atoms with E-state index < -0.39 is 0 Å². The maximum absolute atomic E-state index is 5.79. The molecule has 0 radical (unpaired) electrons. The summed E-state index contributed by atoms with van der Waals surface area (Å²) < 4.78 is 5.24. The molecule has 0 aliphatic rings. The van der Waals surface area contributed by atoms with Gasteiger partial charge in [0, 0.05) is 24.7 Å². The van der Waals surface area contributed by atoms with Crippen LogP contribution < -0.4 is 11.1 Å². The van der Waals surface area contributed by atoms with Crippen LogP contribution in [0, 0.1) is 0 Å². The van der Waals surface area contributed by atoms with Gasteiger partial charge in [0.15, 0.2) is 5.96 Å².